The quantitative estimate of drug-likeness (QED) is 0.824. The summed E-state index contributed by atoms with van der Waals surface area (Å²) in [5.74, 6) is 0.684. The smallest absolute Gasteiger partial charge is 0.273 e. The highest BCUT2D eigenvalue weighted by molar-refractivity contribution is 5.97. The number of hydrogen-bond acceptors (Lipinski definition) is 5. The van der Waals surface area contributed by atoms with Crippen LogP contribution in [0.2, 0.25) is 0 Å². The Morgan fingerprint density at radius 3 is 2.38 bits per heavy atom. The molecule has 2 atom stereocenters. The summed E-state index contributed by atoms with van der Waals surface area (Å²) in [5, 5.41) is 0. The molecular formula is C18H20N4O4. The first-order valence-corrected chi connectivity index (χ1v) is 9.24. The Morgan fingerprint density at radius 2 is 1.77 bits per heavy atom. The molecule has 8 nitrogen and oxygen atoms in total. The minimum Gasteiger partial charge on any atom is -0.336 e. The molecule has 2 saturated heterocycles. The van der Waals surface area contributed by atoms with Crippen LogP contribution in [-0.2, 0) is 9.59 Å². The molecule has 0 spiro atoms. The number of Topliss-reactive ketones (excluding diaryl/α,β-unsaturated/α-hetero) is 1. The summed E-state index contributed by atoms with van der Waals surface area (Å²) in [5.41, 5.74) is -0.0910. The normalized spacial score (nSPS) is 27.8. The van der Waals surface area contributed by atoms with Crippen molar-refractivity contribution in [1.29, 1.82) is 0 Å². The third kappa shape index (κ3) is 2.47. The second-order valence-electron chi connectivity index (χ2n) is 7.93. The van der Waals surface area contributed by atoms with E-state index in [0.717, 1.165) is 19.3 Å². The maximum absolute atomic E-state index is 12.9. The Kier molecular flexibility index (Phi) is 3.32. The van der Waals surface area contributed by atoms with Gasteiger partial charge in [0.15, 0.2) is 0 Å². The number of amides is 2. The van der Waals surface area contributed by atoms with E-state index < -0.39 is 0 Å². The zero-order valence-corrected chi connectivity index (χ0v) is 14.3. The molecule has 26 heavy (non-hydrogen) atoms. The number of likely N-dealkylation sites (tertiary alicyclic amines) is 2. The first-order chi connectivity index (χ1) is 12.5. The highest BCUT2D eigenvalue weighted by atomic mass is 16.2. The van der Waals surface area contributed by atoms with Gasteiger partial charge in [-0.2, -0.15) is 0 Å². The van der Waals surface area contributed by atoms with Crippen LogP contribution < -0.4 is 5.56 Å². The summed E-state index contributed by atoms with van der Waals surface area (Å²) >= 11 is 0. The predicted octanol–water partition coefficient (Wildman–Crippen LogP) is 0.0517. The van der Waals surface area contributed by atoms with Crippen LogP contribution in [0.15, 0.2) is 10.9 Å². The van der Waals surface area contributed by atoms with Gasteiger partial charge in [0.05, 0.1) is 18.0 Å². The zero-order valence-electron chi connectivity index (χ0n) is 14.3. The number of aromatic nitrogens is 2. The van der Waals surface area contributed by atoms with Crippen LogP contribution in [0.5, 0.6) is 0 Å². The number of carbonyl (C=O) groups excluding carboxylic acids is 3. The van der Waals surface area contributed by atoms with Crippen molar-refractivity contribution in [2.45, 2.75) is 50.1 Å². The van der Waals surface area contributed by atoms with Crippen LogP contribution in [0.25, 0.3) is 0 Å². The van der Waals surface area contributed by atoms with Gasteiger partial charge in [-0.3, -0.25) is 19.2 Å². The summed E-state index contributed by atoms with van der Waals surface area (Å²) < 4.78 is 0. The van der Waals surface area contributed by atoms with Crippen LogP contribution in [0.1, 0.15) is 54.3 Å². The monoisotopic (exact) mass is 356 g/mol. The molecule has 2 aliphatic heterocycles. The van der Waals surface area contributed by atoms with E-state index in [1.807, 2.05) is 4.90 Å². The Balaban J connectivity index is 1.30. The molecule has 4 aliphatic rings. The SMILES string of the molecule is O=C1CC(C(=O)N2C[C@@H]3C[C@H]2CN3C(=O)c2cc(=O)[nH]c(C3CC3)n2)C1. The molecule has 2 aliphatic carbocycles. The molecule has 0 unspecified atom stereocenters. The van der Waals surface area contributed by atoms with Gasteiger partial charge in [0.1, 0.15) is 17.3 Å². The van der Waals surface area contributed by atoms with Gasteiger partial charge in [-0.1, -0.05) is 0 Å². The number of H-pyrrole nitrogens is 1. The van der Waals surface area contributed by atoms with Crippen LogP contribution >= 0.6 is 0 Å². The van der Waals surface area contributed by atoms with Crippen LogP contribution in [-0.4, -0.2) is 62.5 Å². The third-order valence-corrected chi connectivity index (χ3v) is 6.03. The number of rotatable bonds is 3. The van der Waals surface area contributed by atoms with Crippen LogP contribution in [0.4, 0.5) is 0 Å². The minimum absolute atomic E-state index is 0.0112. The fourth-order valence-corrected chi connectivity index (χ4v) is 4.37. The Labute approximate surface area is 149 Å². The molecule has 1 aromatic heterocycles. The van der Waals surface area contributed by atoms with Crippen molar-refractivity contribution in [2.75, 3.05) is 13.1 Å². The number of nitrogens with one attached hydrogen (secondary N) is 1. The number of piperazine rings is 1. The summed E-state index contributed by atoms with van der Waals surface area (Å²) in [6.07, 6.45) is 3.47. The molecule has 2 amide bonds. The first kappa shape index (κ1) is 15.7. The average molecular weight is 356 g/mol. The van der Waals surface area contributed by atoms with Gasteiger partial charge in [0.2, 0.25) is 5.91 Å². The molecule has 136 valence electrons. The highest BCUT2D eigenvalue weighted by Gasteiger charge is 2.49. The van der Waals surface area contributed by atoms with E-state index in [1.54, 1.807) is 4.90 Å². The topological polar surface area (TPSA) is 103 Å². The van der Waals surface area contributed by atoms with Gasteiger partial charge in [-0.05, 0) is 19.3 Å². The second kappa shape index (κ2) is 5.49. The van der Waals surface area contributed by atoms with Crippen molar-refractivity contribution < 1.29 is 14.4 Å². The number of hydrogen-bond donors (Lipinski definition) is 1. The lowest BCUT2D eigenvalue weighted by molar-refractivity contribution is -0.146. The van der Waals surface area contributed by atoms with Gasteiger partial charge in [-0.25, -0.2) is 4.98 Å². The van der Waals surface area contributed by atoms with Crippen molar-refractivity contribution >= 4 is 17.6 Å². The molecule has 1 aromatic rings. The Bertz CT molecular complexity index is 866. The Hall–Kier alpha value is -2.51. The van der Waals surface area contributed by atoms with E-state index in [9.17, 15) is 19.2 Å². The summed E-state index contributed by atoms with van der Waals surface area (Å²) in [6, 6.07) is 1.25. The molecular weight excluding hydrogens is 336 g/mol. The zero-order chi connectivity index (χ0) is 18.0. The van der Waals surface area contributed by atoms with Gasteiger partial charge in [-0.15, -0.1) is 0 Å². The van der Waals surface area contributed by atoms with E-state index in [0.29, 0.717) is 31.8 Å². The second-order valence-corrected chi connectivity index (χ2v) is 7.93. The van der Waals surface area contributed by atoms with Gasteiger partial charge >= 0.3 is 0 Å². The van der Waals surface area contributed by atoms with E-state index >= 15 is 0 Å². The van der Waals surface area contributed by atoms with Crippen LogP contribution in [0, 0.1) is 5.92 Å². The number of ketones is 1. The molecule has 2 saturated carbocycles. The number of fused-ring (bicyclic) bond motifs is 2. The molecule has 0 aromatic carbocycles. The maximum atomic E-state index is 12.9. The van der Waals surface area contributed by atoms with E-state index in [4.69, 9.17) is 0 Å². The molecule has 4 fully saturated rings. The fraction of sp³-hybridized carbons (Fsp3) is 0.611. The summed E-state index contributed by atoms with van der Waals surface area (Å²) in [6.45, 7) is 0.988. The first-order valence-electron chi connectivity index (χ1n) is 9.24. The predicted molar refractivity (Wildman–Crippen MR) is 89.5 cm³/mol. The highest BCUT2D eigenvalue weighted by Crippen LogP contribution is 2.38. The summed E-state index contributed by atoms with van der Waals surface area (Å²) in [7, 11) is 0. The van der Waals surface area contributed by atoms with Gasteiger partial charge in [0, 0.05) is 37.9 Å². The lowest BCUT2D eigenvalue weighted by Gasteiger charge is -2.37. The van der Waals surface area contributed by atoms with Crippen molar-refractivity contribution in [2.24, 2.45) is 5.92 Å². The lowest BCUT2D eigenvalue weighted by Crippen LogP contribution is -2.53. The van der Waals surface area contributed by atoms with Gasteiger partial charge in [0.25, 0.3) is 11.5 Å². The van der Waals surface area contributed by atoms with Crippen molar-refractivity contribution in [3.8, 4) is 0 Å². The molecule has 8 heteroatoms. The number of carbonyl (C=O) groups is 3. The van der Waals surface area contributed by atoms with Crippen LogP contribution in [0.3, 0.4) is 0 Å². The summed E-state index contributed by atoms with van der Waals surface area (Å²) in [4.78, 5) is 59.0. The minimum atomic E-state index is -0.291. The Morgan fingerprint density at radius 1 is 1.08 bits per heavy atom. The van der Waals surface area contributed by atoms with Crippen molar-refractivity contribution in [3.05, 3.63) is 27.9 Å². The van der Waals surface area contributed by atoms with E-state index in [-0.39, 0.29) is 52.8 Å². The van der Waals surface area contributed by atoms with E-state index in [2.05, 4.69) is 9.97 Å². The molecule has 2 bridgehead atoms. The molecule has 1 N–H and O–H groups in total. The molecule has 3 heterocycles. The average Bonchev–Trinajstić information content (AvgIpc) is 3.26. The third-order valence-electron chi connectivity index (χ3n) is 6.03. The fourth-order valence-electron chi connectivity index (χ4n) is 4.37. The van der Waals surface area contributed by atoms with E-state index in [1.165, 1.54) is 6.07 Å². The van der Waals surface area contributed by atoms with Crippen molar-refractivity contribution in [3.63, 3.8) is 0 Å². The van der Waals surface area contributed by atoms with Crippen molar-refractivity contribution in [1.82, 2.24) is 19.8 Å². The molecule has 0 radical (unpaired) electrons. The largest absolute Gasteiger partial charge is 0.336 e. The molecule has 5 rings (SSSR count). The number of nitrogens with zero attached hydrogens (tertiary/aromatic N) is 3. The lowest BCUT2D eigenvalue weighted by atomic mass is 9.83. The van der Waals surface area contributed by atoms with Gasteiger partial charge < -0.3 is 14.8 Å². The standard InChI is InChI=1S/C18H20N4O4/c23-13-3-10(4-13)17(25)21-7-12-5-11(21)8-22(12)18(26)14-6-15(24)20-16(19-14)9-1-2-9/h6,9-12H,1-5,7-8H2,(H,19,20,24)/t11-,12-/m0/s1. The number of aromatic amines is 1. The maximum Gasteiger partial charge on any atom is 0.273 e.